The largest absolute Gasteiger partial charge is 0.497 e. The maximum atomic E-state index is 10.5. The summed E-state index contributed by atoms with van der Waals surface area (Å²) in [6.07, 6.45) is -0.147. The lowest BCUT2D eigenvalue weighted by molar-refractivity contribution is -0.109. The molecule has 0 bridgehead atoms. The first-order valence-electron chi connectivity index (χ1n) is 6.76. The van der Waals surface area contributed by atoms with Crippen molar-refractivity contribution in [3.8, 4) is 17.2 Å². The molecular weight excluding hydrogens is 284 g/mol. The van der Waals surface area contributed by atoms with Crippen molar-refractivity contribution in [1.29, 1.82) is 0 Å². The zero-order valence-corrected chi connectivity index (χ0v) is 12.5. The molecule has 2 aromatic carbocycles. The van der Waals surface area contributed by atoms with Gasteiger partial charge in [-0.2, -0.15) is 0 Å². The second-order valence-electron chi connectivity index (χ2n) is 4.56. The Bertz CT molecular complexity index is 621. The lowest BCUT2D eigenvalue weighted by Crippen LogP contribution is -2.03. The van der Waals surface area contributed by atoms with Gasteiger partial charge in [-0.25, -0.2) is 0 Å². The molecule has 0 saturated carbocycles. The van der Waals surface area contributed by atoms with E-state index in [1.54, 1.807) is 56.7 Å². The predicted octanol–water partition coefficient (Wildman–Crippen LogP) is 2.36. The summed E-state index contributed by atoms with van der Waals surface area (Å²) in [5.41, 5.74) is 1.34. The zero-order valence-electron chi connectivity index (χ0n) is 12.5. The quantitative estimate of drug-likeness (QED) is 0.795. The average Bonchev–Trinajstić information content (AvgIpc) is 2.59. The molecule has 116 valence electrons. The standard InChI is InChI=1S/C17H18O5/c1-20-14-7-8-15(16(11-14)21-2)17(19)12-3-5-13(6-4-12)22-10-9-18/h3-9,11,17,19H,10H2,1-2H3. The van der Waals surface area contributed by atoms with Gasteiger partial charge in [-0.15, -0.1) is 0 Å². The van der Waals surface area contributed by atoms with E-state index in [0.29, 0.717) is 34.7 Å². The van der Waals surface area contributed by atoms with Crippen LogP contribution in [0, 0.1) is 0 Å². The van der Waals surface area contributed by atoms with Gasteiger partial charge in [0.25, 0.3) is 0 Å². The highest BCUT2D eigenvalue weighted by Crippen LogP contribution is 2.33. The van der Waals surface area contributed by atoms with Gasteiger partial charge in [0, 0.05) is 11.6 Å². The number of hydrogen-bond donors (Lipinski definition) is 1. The number of aliphatic hydroxyl groups is 1. The van der Waals surface area contributed by atoms with Gasteiger partial charge in [-0.05, 0) is 29.8 Å². The van der Waals surface area contributed by atoms with E-state index in [1.165, 1.54) is 0 Å². The molecule has 0 aliphatic rings. The first-order chi connectivity index (χ1) is 10.7. The molecule has 0 heterocycles. The van der Waals surface area contributed by atoms with E-state index < -0.39 is 6.10 Å². The Labute approximate surface area is 129 Å². The molecule has 5 heteroatoms. The third-order valence-corrected chi connectivity index (χ3v) is 3.25. The Morgan fingerprint density at radius 1 is 1.05 bits per heavy atom. The van der Waals surface area contributed by atoms with E-state index in [9.17, 15) is 9.90 Å². The van der Waals surface area contributed by atoms with Gasteiger partial charge in [-0.1, -0.05) is 12.1 Å². The van der Waals surface area contributed by atoms with Crippen LogP contribution in [0.15, 0.2) is 42.5 Å². The fourth-order valence-electron chi connectivity index (χ4n) is 2.10. The van der Waals surface area contributed by atoms with Gasteiger partial charge in [0.05, 0.1) is 14.2 Å². The molecule has 1 unspecified atom stereocenters. The molecule has 1 N–H and O–H groups in total. The molecule has 2 aromatic rings. The maximum Gasteiger partial charge on any atom is 0.157 e. The molecule has 5 nitrogen and oxygen atoms in total. The molecule has 2 rings (SSSR count). The minimum absolute atomic E-state index is 0.00814. The Hall–Kier alpha value is -2.53. The molecule has 0 aliphatic carbocycles. The number of rotatable bonds is 7. The highest BCUT2D eigenvalue weighted by atomic mass is 16.5. The van der Waals surface area contributed by atoms with Crippen LogP contribution < -0.4 is 14.2 Å². The summed E-state index contributed by atoms with van der Waals surface area (Å²) in [5.74, 6) is 1.78. The highest BCUT2D eigenvalue weighted by Gasteiger charge is 2.16. The fourth-order valence-corrected chi connectivity index (χ4v) is 2.10. The van der Waals surface area contributed by atoms with E-state index >= 15 is 0 Å². The van der Waals surface area contributed by atoms with Crippen molar-refractivity contribution in [3.63, 3.8) is 0 Å². The first-order valence-corrected chi connectivity index (χ1v) is 6.76. The van der Waals surface area contributed by atoms with Crippen molar-refractivity contribution in [3.05, 3.63) is 53.6 Å². The monoisotopic (exact) mass is 302 g/mol. The van der Waals surface area contributed by atoms with Gasteiger partial charge >= 0.3 is 0 Å². The Morgan fingerprint density at radius 2 is 1.73 bits per heavy atom. The average molecular weight is 302 g/mol. The molecule has 0 radical (unpaired) electrons. The smallest absolute Gasteiger partial charge is 0.157 e. The lowest BCUT2D eigenvalue weighted by Gasteiger charge is -2.16. The van der Waals surface area contributed by atoms with Crippen molar-refractivity contribution in [2.75, 3.05) is 20.8 Å². The van der Waals surface area contributed by atoms with Crippen molar-refractivity contribution < 1.29 is 24.1 Å². The van der Waals surface area contributed by atoms with Gasteiger partial charge in [0.1, 0.15) is 30.0 Å². The summed E-state index contributed by atoms with van der Waals surface area (Å²) in [7, 11) is 3.12. The maximum absolute atomic E-state index is 10.5. The van der Waals surface area contributed by atoms with Crippen molar-refractivity contribution >= 4 is 6.29 Å². The van der Waals surface area contributed by atoms with Gasteiger partial charge in [-0.3, -0.25) is 4.79 Å². The van der Waals surface area contributed by atoms with Crippen LogP contribution in [0.4, 0.5) is 0 Å². The van der Waals surface area contributed by atoms with E-state index in [4.69, 9.17) is 14.2 Å². The summed E-state index contributed by atoms with van der Waals surface area (Å²) < 4.78 is 15.6. The molecule has 22 heavy (non-hydrogen) atoms. The third kappa shape index (κ3) is 3.56. The fraction of sp³-hybridized carbons (Fsp3) is 0.235. The number of methoxy groups -OCH3 is 2. The molecule has 0 aromatic heterocycles. The number of ether oxygens (including phenoxy) is 3. The van der Waals surface area contributed by atoms with Crippen LogP contribution >= 0.6 is 0 Å². The van der Waals surface area contributed by atoms with Crippen molar-refractivity contribution in [1.82, 2.24) is 0 Å². The zero-order chi connectivity index (χ0) is 15.9. The SMILES string of the molecule is COc1ccc(C(O)c2ccc(OCC=O)cc2)c(OC)c1. The highest BCUT2D eigenvalue weighted by molar-refractivity contribution is 5.51. The van der Waals surface area contributed by atoms with Crippen LogP contribution in [-0.2, 0) is 4.79 Å². The first kappa shape index (κ1) is 15.9. The van der Waals surface area contributed by atoms with Crippen molar-refractivity contribution in [2.45, 2.75) is 6.10 Å². The summed E-state index contributed by atoms with van der Waals surface area (Å²) in [4.78, 5) is 10.3. The molecule has 1 atom stereocenters. The van der Waals surface area contributed by atoms with Crippen LogP contribution in [0.5, 0.6) is 17.2 Å². The molecule has 0 saturated heterocycles. The Morgan fingerprint density at radius 3 is 2.32 bits per heavy atom. The van der Waals surface area contributed by atoms with E-state index in [-0.39, 0.29) is 6.61 Å². The minimum atomic E-state index is -0.832. The molecule has 0 fully saturated rings. The minimum Gasteiger partial charge on any atom is -0.497 e. The number of aldehydes is 1. The second kappa shape index (κ2) is 7.47. The predicted molar refractivity (Wildman–Crippen MR) is 81.6 cm³/mol. The summed E-state index contributed by atoms with van der Waals surface area (Å²) in [6.45, 7) is 0.00814. The van der Waals surface area contributed by atoms with Crippen LogP contribution in [0.2, 0.25) is 0 Å². The number of carbonyl (C=O) groups is 1. The second-order valence-corrected chi connectivity index (χ2v) is 4.56. The lowest BCUT2D eigenvalue weighted by atomic mass is 10.0. The Balaban J connectivity index is 2.23. The summed E-state index contributed by atoms with van der Waals surface area (Å²) >= 11 is 0. The summed E-state index contributed by atoms with van der Waals surface area (Å²) in [5, 5.41) is 10.5. The van der Waals surface area contributed by atoms with E-state index in [2.05, 4.69) is 0 Å². The molecule has 0 aliphatic heterocycles. The van der Waals surface area contributed by atoms with Crippen LogP contribution in [0.3, 0.4) is 0 Å². The number of aliphatic hydroxyl groups excluding tert-OH is 1. The van der Waals surface area contributed by atoms with Gasteiger partial charge in [0.2, 0.25) is 0 Å². The molecular formula is C17H18O5. The summed E-state index contributed by atoms with van der Waals surface area (Å²) in [6, 6.07) is 12.2. The van der Waals surface area contributed by atoms with Crippen LogP contribution in [-0.4, -0.2) is 32.2 Å². The Kier molecular flexibility index (Phi) is 5.38. The number of benzene rings is 2. The normalized spacial score (nSPS) is 11.6. The topological polar surface area (TPSA) is 65.0 Å². The van der Waals surface area contributed by atoms with Crippen LogP contribution in [0.25, 0.3) is 0 Å². The van der Waals surface area contributed by atoms with Crippen LogP contribution in [0.1, 0.15) is 17.2 Å². The number of carbonyl (C=O) groups excluding carboxylic acids is 1. The molecule has 0 amide bonds. The van der Waals surface area contributed by atoms with Gasteiger partial charge in [0.15, 0.2) is 6.29 Å². The van der Waals surface area contributed by atoms with E-state index in [0.717, 1.165) is 0 Å². The van der Waals surface area contributed by atoms with E-state index in [1.807, 2.05) is 0 Å². The van der Waals surface area contributed by atoms with Crippen molar-refractivity contribution in [2.24, 2.45) is 0 Å². The third-order valence-electron chi connectivity index (χ3n) is 3.25. The number of hydrogen-bond acceptors (Lipinski definition) is 5. The molecule has 0 spiro atoms. The van der Waals surface area contributed by atoms with Gasteiger partial charge < -0.3 is 19.3 Å².